The minimum atomic E-state index is 0.427. The number of nitrogens with zero attached hydrogens (tertiary/aromatic N) is 6. The number of thiazole rings is 1. The van der Waals surface area contributed by atoms with Gasteiger partial charge in [0, 0.05) is 6.20 Å². The van der Waals surface area contributed by atoms with Gasteiger partial charge in [-0.2, -0.15) is 4.98 Å². The van der Waals surface area contributed by atoms with E-state index in [1.807, 2.05) is 36.4 Å². The molecule has 0 radical (unpaired) electrons. The highest BCUT2D eigenvalue weighted by Gasteiger charge is 2.14. The summed E-state index contributed by atoms with van der Waals surface area (Å²) in [5.74, 6) is 0.427. The van der Waals surface area contributed by atoms with Crippen molar-refractivity contribution in [2.24, 2.45) is 0 Å². The number of rotatable bonds is 2. The number of hydrogen-bond acceptors (Lipinski definition) is 8. The fraction of sp³-hybridized carbons (Fsp3) is 0. The molecule has 1 N–H and O–H groups in total. The van der Waals surface area contributed by atoms with Crippen LogP contribution in [0.3, 0.4) is 0 Å². The van der Waals surface area contributed by atoms with E-state index in [9.17, 15) is 0 Å². The molecule has 27 heavy (non-hydrogen) atoms. The van der Waals surface area contributed by atoms with Gasteiger partial charge in [-0.05, 0) is 36.4 Å². The van der Waals surface area contributed by atoms with Crippen molar-refractivity contribution in [2.45, 2.75) is 0 Å². The SMILES string of the molecule is c1cnc2nc(-c3ccc4sc(-c5ccc6[nH]cnc6n5)nc4n3)oc2c1. The number of pyridine rings is 3. The molecule has 0 fully saturated rings. The first kappa shape index (κ1) is 14.4. The monoisotopic (exact) mass is 371 g/mol. The Hall–Kier alpha value is -3.72. The third-order valence-electron chi connectivity index (χ3n) is 4.14. The summed E-state index contributed by atoms with van der Waals surface area (Å²) < 4.78 is 6.71. The summed E-state index contributed by atoms with van der Waals surface area (Å²) in [5.41, 5.74) is 4.77. The molecule has 0 saturated heterocycles. The van der Waals surface area contributed by atoms with Gasteiger partial charge in [-0.15, -0.1) is 11.3 Å². The molecule has 9 heteroatoms. The minimum Gasteiger partial charge on any atom is -0.433 e. The lowest BCUT2D eigenvalue weighted by Gasteiger charge is -1.94. The van der Waals surface area contributed by atoms with Crippen LogP contribution < -0.4 is 0 Å². The number of nitrogens with one attached hydrogen (secondary N) is 1. The van der Waals surface area contributed by atoms with E-state index in [0.29, 0.717) is 34.1 Å². The topological polar surface area (TPSA) is 106 Å². The van der Waals surface area contributed by atoms with E-state index in [-0.39, 0.29) is 0 Å². The predicted molar refractivity (Wildman–Crippen MR) is 101 cm³/mol. The number of H-pyrrole nitrogens is 1. The second-order valence-corrected chi connectivity index (χ2v) is 6.88. The number of oxazole rings is 1. The van der Waals surface area contributed by atoms with Crippen LogP contribution in [0.5, 0.6) is 0 Å². The zero-order valence-electron chi connectivity index (χ0n) is 13.6. The van der Waals surface area contributed by atoms with Crippen LogP contribution in [0.2, 0.25) is 0 Å². The van der Waals surface area contributed by atoms with Crippen LogP contribution in [0.25, 0.3) is 55.0 Å². The first-order valence-corrected chi connectivity index (χ1v) is 8.95. The Morgan fingerprint density at radius 1 is 0.815 bits per heavy atom. The van der Waals surface area contributed by atoms with Crippen LogP contribution in [0.15, 0.2) is 53.3 Å². The van der Waals surface area contributed by atoms with Gasteiger partial charge in [-0.25, -0.2) is 24.9 Å². The molecular formula is C18H9N7OS. The van der Waals surface area contributed by atoms with E-state index in [2.05, 4.69) is 34.9 Å². The third kappa shape index (κ3) is 2.29. The molecule has 6 aromatic rings. The summed E-state index contributed by atoms with van der Waals surface area (Å²) >= 11 is 1.53. The van der Waals surface area contributed by atoms with E-state index in [4.69, 9.17) is 4.42 Å². The summed E-state index contributed by atoms with van der Waals surface area (Å²) in [7, 11) is 0. The molecule has 128 valence electrons. The highest BCUT2D eigenvalue weighted by molar-refractivity contribution is 7.21. The summed E-state index contributed by atoms with van der Waals surface area (Å²) in [6.07, 6.45) is 3.31. The smallest absolute Gasteiger partial charge is 0.247 e. The summed E-state index contributed by atoms with van der Waals surface area (Å²) in [5, 5.41) is 0.791. The quantitative estimate of drug-likeness (QED) is 0.493. The van der Waals surface area contributed by atoms with Crippen molar-refractivity contribution < 1.29 is 4.42 Å². The average Bonchev–Trinajstić information content (AvgIpc) is 3.42. The van der Waals surface area contributed by atoms with Crippen molar-refractivity contribution in [3.05, 3.63) is 48.9 Å². The lowest BCUT2D eigenvalue weighted by Crippen LogP contribution is -1.86. The maximum Gasteiger partial charge on any atom is 0.247 e. The molecule has 0 spiro atoms. The highest BCUT2D eigenvalue weighted by Crippen LogP contribution is 2.31. The molecule has 0 bridgehead atoms. The molecule has 0 atom stereocenters. The van der Waals surface area contributed by atoms with E-state index < -0.39 is 0 Å². The zero-order chi connectivity index (χ0) is 17.8. The fourth-order valence-corrected chi connectivity index (χ4v) is 3.74. The van der Waals surface area contributed by atoms with Crippen LogP contribution in [-0.2, 0) is 0 Å². The predicted octanol–water partition coefficient (Wildman–Crippen LogP) is 3.83. The average molecular weight is 371 g/mol. The van der Waals surface area contributed by atoms with Crippen LogP contribution in [0, 0.1) is 0 Å². The first-order valence-electron chi connectivity index (χ1n) is 8.13. The largest absolute Gasteiger partial charge is 0.433 e. The van der Waals surface area contributed by atoms with Gasteiger partial charge in [0.25, 0.3) is 0 Å². The molecule has 0 aliphatic rings. The molecular weight excluding hydrogens is 362 g/mol. The number of aromatic amines is 1. The second kappa shape index (κ2) is 5.39. The molecule has 6 aromatic heterocycles. The Morgan fingerprint density at radius 2 is 1.74 bits per heavy atom. The third-order valence-corrected chi connectivity index (χ3v) is 5.17. The van der Waals surface area contributed by atoms with Crippen molar-refractivity contribution in [3.63, 3.8) is 0 Å². The van der Waals surface area contributed by atoms with Crippen LogP contribution in [0.4, 0.5) is 0 Å². The van der Waals surface area contributed by atoms with Crippen molar-refractivity contribution >= 4 is 44.1 Å². The van der Waals surface area contributed by atoms with Gasteiger partial charge in [0.1, 0.15) is 16.4 Å². The Morgan fingerprint density at radius 3 is 2.70 bits per heavy atom. The summed E-state index contributed by atoms with van der Waals surface area (Å²) in [6.45, 7) is 0. The van der Waals surface area contributed by atoms with E-state index in [1.54, 1.807) is 12.5 Å². The number of hydrogen-bond donors (Lipinski definition) is 1. The first-order chi connectivity index (χ1) is 13.3. The lowest BCUT2D eigenvalue weighted by molar-refractivity contribution is 0.617. The highest BCUT2D eigenvalue weighted by atomic mass is 32.1. The molecule has 0 saturated carbocycles. The Balaban J connectivity index is 1.46. The molecule has 8 nitrogen and oxygen atoms in total. The number of imidazole rings is 1. The van der Waals surface area contributed by atoms with Gasteiger partial charge < -0.3 is 9.40 Å². The van der Waals surface area contributed by atoms with Crippen molar-refractivity contribution in [3.8, 4) is 22.3 Å². The molecule has 0 unspecified atom stereocenters. The molecule has 6 heterocycles. The van der Waals surface area contributed by atoms with Gasteiger partial charge in [-0.1, -0.05) is 0 Å². The van der Waals surface area contributed by atoms with Crippen LogP contribution in [0.1, 0.15) is 0 Å². The van der Waals surface area contributed by atoms with E-state index in [1.165, 1.54) is 11.3 Å². The number of fused-ring (bicyclic) bond motifs is 3. The number of aromatic nitrogens is 7. The van der Waals surface area contributed by atoms with Gasteiger partial charge in [0.15, 0.2) is 22.5 Å². The van der Waals surface area contributed by atoms with Crippen molar-refractivity contribution in [2.75, 3.05) is 0 Å². The standard InChI is InChI=1S/C18H9N7OS/c1-2-12-15(19-7-1)24-17(26-12)10-5-6-13-16(22-10)25-18(27-13)11-4-3-9-14(23-11)21-8-20-9/h1-8H,(H,20,21,23). The second-order valence-electron chi connectivity index (χ2n) is 5.85. The Kier molecular flexibility index (Phi) is 2.88. The maximum absolute atomic E-state index is 5.75. The van der Waals surface area contributed by atoms with E-state index >= 15 is 0 Å². The van der Waals surface area contributed by atoms with Crippen LogP contribution >= 0.6 is 11.3 Å². The molecule has 0 amide bonds. The normalized spacial score (nSPS) is 11.7. The zero-order valence-corrected chi connectivity index (χ0v) is 14.4. The molecule has 0 aliphatic carbocycles. The van der Waals surface area contributed by atoms with Gasteiger partial charge >= 0.3 is 0 Å². The van der Waals surface area contributed by atoms with Crippen LogP contribution in [-0.4, -0.2) is 34.9 Å². The van der Waals surface area contributed by atoms with Gasteiger partial charge in [0.05, 0.1) is 16.5 Å². The Bertz CT molecular complexity index is 1420. The molecule has 6 rings (SSSR count). The summed E-state index contributed by atoms with van der Waals surface area (Å²) in [6, 6.07) is 11.3. The molecule has 0 aliphatic heterocycles. The minimum absolute atomic E-state index is 0.427. The Labute approximate surface area is 155 Å². The van der Waals surface area contributed by atoms with Gasteiger partial charge in [-0.3, -0.25) is 0 Å². The van der Waals surface area contributed by atoms with Gasteiger partial charge in [0.2, 0.25) is 5.89 Å². The van der Waals surface area contributed by atoms with Crippen molar-refractivity contribution in [1.29, 1.82) is 0 Å². The lowest BCUT2D eigenvalue weighted by atomic mass is 10.3. The van der Waals surface area contributed by atoms with Crippen molar-refractivity contribution in [1.82, 2.24) is 34.9 Å². The maximum atomic E-state index is 5.75. The molecule has 0 aromatic carbocycles. The fourth-order valence-electron chi connectivity index (χ4n) is 2.87. The summed E-state index contributed by atoms with van der Waals surface area (Å²) in [4.78, 5) is 29.6. The van der Waals surface area contributed by atoms with E-state index in [0.717, 1.165) is 20.9 Å².